The molecule has 1 aromatic heterocycles. The number of benzene rings is 2. The number of halogens is 4. The minimum absolute atomic E-state index is 0.246. The number of furan rings is 1. The van der Waals surface area contributed by atoms with Crippen molar-refractivity contribution in [3.63, 3.8) is 0 Å². The maximum absolute atomic E-state index is 12.1. The average Bonchev–Trinajstić information content (AvgIpc) is 3.07. The van der Waals surface area contributed by atoms with Crippen molar-refractivity contribution in [3.8, 4) is 11.3 Å². The highest BCUT2D eigenvalue weighted by Crippen LogP contribution is 2.34. The molecule has 1 heterocycles. The van der Waals surface area contributed by atoms with E-state index in [2.05, 4.69) is 43.8 Å². The second-order valence-electron chi connectivity index (χ2n) is 5.25. The monoisotopic (exact) mass is 561 g/mol. The summed E-state index contributed by atoms with van der Waals surface area (Å²) >= 11 is 17.8. The molecule has 0 radical (unpaired) electrons. The quantitative estimate of drug-likeness (QED) is 0.268. The van der Waals surface area contributed by atoms with Gasteiger partial charge in [-0.2, -0.15) is 0 Å². The molecule has 0 aliphatic heterocycles. The van der Waals surface area contributed by atoms with E-state index in [0.29, 0.717) is 27.1 Å². The minimum atomic E-state index is -0.246. The number of rotatable bonds is 4. The summed E-state index contributed by atoms with van der Waals surface area (Å²) in [5.74, 6) is 0.876. The van der Waals surface area contributed by atoms with Crippen molar-refractivity contribution in [1.82, 2.24) is 0 Å². The van der Waals surface area contributed by atoms with E-state index in [-0.39, 0.29) is 5.91 Å². The van der Waals surface area contributed by atoms with Gasteiger partial charge in [0.2, 0.25) is 5.91 Å². The van der Waals surface area contributed by atoms with Gasteiger partial charge in [0.05, 0.1) is 15.7 Å². The van der Waals surface area contributed by atoms with E-state index in [1.54, 1.807) is 30.3 Å². The number of nitrogens with one attached hydrogen (secondary N) is 1. The Morgan fingerprint density at radius 2 is 1.96 bits per heavy atom. The van der Waals surface area contributed by atoms with Gasteiger partial charge in [0.15, 0.2) is 0 Å². The molecule has 0 fully saturated rings. The summed E-state index contributed by atoms with van der Waals surface area (Å²) in [7, 11) is 0. The molecule has 0 aliphatic rings. The molecule has 26 heavy (non-hydrogen) atoms. The van der Waals surface area contributed by atoms with Gasteiger partial charge >= 0.3 is 0 Å². The highest BCUT2D eigenvalue weighted by molar-refractivity contribution is 14.1. The van der Waals surface area contributed by atoms with Crippen LogP contribution < -0.4 is 5.32 Å². The molecule has 3 rings (SSSR count). The molecule has 0 aliphatic carbocycles. The molecule has 0 saturated carbocycles. The van der Waals surface area contributed by atoms with Crippen LogP contribution in [0.15, 0.2) is 63.5 Å². The van der Waals surface area contributed by atoms with Gasteiger partial charge in [-0.3, -0.25) is 4.79 Å². The Bertz CT molecular complexity index is 1000. The van der Waals surface area contributed by atoms with Crippen molar-refractivity contribution in [3.05, 3.63) is 78.5 Å². The summed E-state index contributed by atoms with van der Waals surface area (Å²) in [6.45, 7) is 0. The van der Waals surface area contributed by atoms with Gasteiger partial charge in [-0.1, -0.05) is 45.2 Å². The topological polar surface area (TPSA) is 42.2 Å². The lowest BCUT2D eigenvalue weighted by Crippen LogP contribution is -2.08. The minimum Gasteiger partial charge on any atom is -0.457 e. The third-order valence-corrected chi connectivity index (χ3v) is 5.64. The van der Waals surface area contributed by atoms with Crippen LogP contribution in [0.2, 0.25) is 10.0 Å². The van der Waals surface area contributed by atoms with Crippen molar-refractivity contribution < 1.29 is 9.21 Å². The van der Waals surface area contributed by atoms with Crippen LogP contribution in [0.3, 0.4) is 0 Å². The van der Waals surface area contributed by atoms with Crippen LogP contribution in [-0.2, 0) is 4.79 Å². The van der Waals surface area contributed by atoms with Crippen molar-refractivity contribution in [2.45, 2.75) is 0 Å². The zero-order chi connectivity index (χ0) is 18.7. The van der Waals surface area contributed by atoms with Crippen LogP contribution in [0, 0.1) is 3.57 Å². The molecule has 132 valence electrons. The molecular formula is C19H11BrCl2INO2. The SMILES string of the molecule is O=C(C=Cc1ccc(-c2cccc(Cl)c2Cl)o1)Nc1ccc(Br)cc1I. The molecule has 2 aromatic carbocycles. The first-order chi connectivity index (χ1) is 12.4. The predicted molar refractivity (Wildman–Crippen MR) is 119 cm³/mol. The van der Waals surface area contributed by atoms with Gasteiger partial charge in [-0.15, -0.1) is 0 Å². The molecule has 0 saturated heterocycles. The summed E-state index contributed by atoms with van der Waals surface area (Å²) in [6, 6.07) is 14.5. The van der Waals surface area contributed by atoms with Gasteiger partial charge in [-0.25, -0.2) is 0 Å². The van der Waals surface area contributed by atoms with Gasteiger partial charge in [-0.05, 0) is 71.1 Å². The predicted octanol–water partition coefficient (Wildman–Crippen LogP) is 7.27. The Balaban J connectivity index is 1.72. The van der Waals surface area contributed by atoms with E-state index >= 15 is 0 Å². The normalized spacial score (nSPS) is 11.1. The van der Waals surface area contributed by atoms with Gasteiger partial charge in [0.1, 0.15) is 11.5 Å². The van der Waals surface area contributed by atoms with E-state index in [0.717, 1.165) is 13.7 Å². The fourth-order valence-electron chi connectivity index (χ4n) is 2.20. The maximum atomic E-state index is 12.1. The standard InChI is InChI=1S/C19H11BrCl2INO2/c20-11-4-7-16(15(23)10-11)24-18(25)9-6-12-5-8-17(26-12)13-2-1-3-14(21)19(13)22/h1-10H,(H,24,25). The van der Waals surface area contributed by atoms with E-state index in [1.807, 2.05) is 24.3 Å². The van der Waals surface area contributed by atoms with E-state index in [1.165, 1.54) is 6.08 Å². The first kappa shape index (κ1) is 19.5. The van der Waals surface area contributed by atoms with Crippen LogP contribution in [0.25, 0.3) is 17.4 Å². The van der Waals surface area contributed by atoms with Gasteiger partial charge in [0.25, 0.3) is 0 Å². The van der Waals surface area contributed by atoms with E-state index in [4.69, 9.17) is 27.6 Å². The largest absolute Gasteiger partial charge is 0.457 e. The molecule has 1 N–H and O–H groups in total. The lowest BCUT2D eigenvalue weighted by molar-refractivity contribution is -0.111. The van der Waals surface area contributed by atoms with E-state index < -0.39 is 0 Å². The molecule has 0 atom stereocenters. The van der Waals surface area contributed by atoms with Gasteiger partial charge < -0.3 is 9.73 Å². The summed E-state index contributed by atoms with van der Waals surface area (Å²) < 4.78 is 7.62. The first-order valence-electron chi connectivity index (χ1n) is 7.42. The third-order valence-electron chi connectivity index (χ3n) is 3.43. The van der Waals surface area contributed by atoms with Crippen molar-refractivity contribution in [2.75, 3.05) is 5.32 Å². The zero-order valence-corrected chi connectivity index (χ0v) is 18.4. The van der Waals surface area contributed by atoms with Crippen molar-refractivity contribution >= 4 is 79.4 Å². The Kier molecular flexibility index (Phi) is 6.45. The fraction of sp³-hybridized carbons (Fsp3) is 0. The number of amides is 1. The average molecular weight is 563 g/mol. The third kappa shape index (κ3) is 4.71. The number of hydrogen-bond donors (Lipinski definition) is 1. The Morgan fingerprint density at radius 1 is 1.15 bits per heavy atom. The Labute approximate surface area is 182 Å². The van der Waals surface area contributed by atoms with Crippen molar-refractivity contribution in [1.29, 1.82) is 0 Å². The highest BCUT2D eigenvalue weighted by Gasteiger charge is 2.10. The molecular weight excluding hydrogens is 552 g/mol. The lowest BCUT2D eigenvalue weighted by Gasteiger charge is -2.05. The summed E-state index contributed by atoms with van der Waals surface area (Å²) in [4.78, 5) is 12.1. The first-order valence-corrected chi connectivity index (χ1v) is 10.0. The van der Waals surface area contributed by atoms with Gasteiger partial charge in [0, 0.05) is 19.7 Å². The molecule has 1 amide bonds. The van der Waals surface area contributed by atoms with Crippen LogP contribution in [0.5, 0.6) is 0 Å². The molecule has 0 unspecified atom stereocenters. The van der Waals surface area contributed by atoms with Crippen LogP contribution in [0.4, 0.5) is 5.69 Å². The van der Waals surface area contributed by atoms with Crippen LogP contribution in [-0.4, -0.2) is 5.91 Å². The Morgan fingerprint density at radius 3 is 2.73 bits per heavy atom. The number of anilines is 1. The zero-order valence-electron chi connectivity index (χ0n) is 13.1. The second kappa shape index (κ2) is 8.61. The molecule has 3 nitrogen and oxygen atoms in total. The molecule has 0 bridgehead atoms. The maximum Gasteiger partial charge on any atom is 0.248 e. The Hall–Kier alpha value is -1.28. The summed E-state index contributed by atoms with van der Waals surface area (Å²) in [5.41, 5.74) is 1.45. The summed E-state index contributed by atoms with van der Waals surface area (Å²) in [5, 5.41) is 3.72. The molecule has 0 spiro atoms. The highest BCUT2D eigenvalue weighted by atomic mass is 127. The smallest absolute Gasteiger partial charge is 0.248 e. The van der Waals surface area contributed by atoms with Crippen molar-refractivity contribution in [2.24, 2.45) is 0 Å². The summed E-state index contributed by atoms with van der Waals surface area (Å²) in [6.07, 6.45) is 3.02. The molecule has 3 aromatic rings. The number of carbonyl (C=O) groups is 1. The fourth-order valence-corrected chi connectivity index (χ4v) is 4.04. The van der Waals surface area contributed by atoms with Crippen LogP contribution in [0.1, 0.15) is 5.76 Å². The lowest BCUT2D eigenvalue weighted by atomic mass is 10.2. The van der Waals surface area contributed by atoms with Crippen LogP contribution >= 0.6 is 61.7 Å². The second-order valence-corrected chi connectivity index (χ2v) is 8.11. The molecule has 7 heteroatoms. The van der Waals surface area contributed by atoms with E-state index in [9.17, 15) is 4.79 Å². The number of hydrogen-bond acceptors (Lipinski definition) is 2. The number of carbonyl (C=O) groups excluding carboxylic acids is 1.